The average Bonchev–Trinajstić information content (AvgIpc) is 2.37. The van der Waals surface area contributed by atoms with Crippen molar-refractivity contribution >= 4 is 0 Å². The molecule has 0 aromatic carbocycles. The van der Waals surface area contributed by atoms with E-state index in [1.807, 2.05) is 0 Å². The molecule has 1 heterocycles. The Morgan fingerprint density at radius 2 is 1.70 bits per heavy atom. The van der Waals surface area contributed by atoms with E-state index in [1.54, 1.807) is 0 Å². The summed E-state index contributed by atoms with van der Waals surface area (Å²) in [4.78, 5) is 2.47. The highest BCUT2D eigenvalue weighted by Gasteiger charge is 2.30. The number of hydrogen-bond donors (Lipinski definition) is 1. The summed E-state index contributed by atoms with van der Waals surface area (Å²) in [7, 11) is 2.25. The summed E-state index contributed by atoms with van der Waals surface area (Å²) in [6.07, 6.45) is 7.10. The van der Waals surface area contributed by atoms with E-state index in [9.17, 15) is 0 Å². The van der Waals surface area contributed by atoms with Crippen LogP contribution in [0.5, 0.6) is 0 Å². The molecule has 0 amide bonds. The fourth-order valence-corrected chi connectivity index (χ4v) is 4.21. The van der Waals surface area contributed by atoms with Gasteiger partial charge in [-0.25, -0.2) is 0 Å². The van der Waals surface area contributed by atoms with Crippen LogP contribution in [0.1, 0.15) is 59.8 Å². The van der Waals surface area contributed by atoms with Crippen LogP contribution in [0.25, 0.3) is 0 Å². The van der Waals surface area contributed by atoms with Crippen LogP contribution in [0, 0.1) is 23.2 Å². The Morgan fingerprint density at radius 3 is 2.25 bits per heavy atom. The van der Waals surface area contributed by atoms with Crippen molar-refractivity contribution in [2.24, 2.45) is 23.2 Å². The number of piperidine rings is 1. The Bertz CT molecular complexity index is 286. The summed E-state index contributed by atoms with van der Waals surface area (Å²) in [5.74, 6) is 2.68. The summed E-state index contributed by atoms with van der Waals surface area (Å²) >= 11 is 0. The summed E-state index contributed by atoms with van der Waals surface area (Å²) in [6.45, 7) is 13.4. The van der Waals surface area contributed by atoms with Crippen molar-refractivity contribution in [3.8, 4) is 0 Å². The Kier molecular flexibility index (Phi) is 5.53. The van der Waals surface area contributed by atoms with Crippen LogP contribution in [-0.2, 0) is 0 Å². The maximum Gasteiger partial charge on any atom is 0.0117 e. The highest BCUT2D eigenvalue weighted by molar-refractivity contribution is 4.85. The largest absolute Gasteiger partial charge is 0.313 e. The first kappa shape index (κ1) is 16.3. The molecule has 0 aromatic rings. The molecular formula is C18H36N2. The van der Waals surface area contributed by atoms with E-state index < -0.39 is 0 Å². The first-order chi connectivity index (χ1) is 9.36. The van der Waals surface area contributed by atoms with Crippen LogP contribution >= 0.6 is 0 Å². The van der Waals surface area contributed by atoms with E-state index in [-0.39, 0.29) is 0 Å². The van der Waals surface area contributed by atoms with Gasteiger partial charge in [0.2, 0.25) is 0 Å². The molecule has 2 atom stereocenters. The highest BCUT2D eigenvalue weighted by Crippen LogP contribution is 2.39. The smallest absolute Gasteiger partial charge is 0.0117 e. The molecule has 0 spiro atoms. The number of nitrogens with zero attached hydrogens (tertiary/aromatic N) is 1. The van der Waals surface area contributed by atoms with Crippen molar-refractivity contribution in [2.75, 3.05) is 26.7 Å². The minimum absolute atomic E-state index is 0.515. The monoisotopic (exact) mass is 280 g/mol. The van der Waals surface area contributed by atoms with Gasteiger partial charge >= 0.3 is 0 Å². The molecule has 0 radical (unpaired) electrons. The van der Waals surface area contributed by atoms with Crippen LogP contribution in [0.4, 0.5) is 0 Å². The Balaban J connectivity index is 1.69. The molecule has 118 valence electrons. The Morgan fingerprint density at radius 1 is 1.05 bits per heavy atom. The highest BCUT2D eigenvalue weighted by atomic mass is 15.1. The van der Waals surface area contributed by atoms with Crippen LogP contribution in [0.2, 0.25) is 0 Å². The third-order valence-corrected chi connectivity index (χ3v) is 5.85. The molecule has 1 N–H and O–H groups in total. The normalized spacial score (nSPS) is 37.0. The molecule has 2 fully saturated rings. The van der Waals surface area contributed by atoms with Crippen molar-refractivity contribution in [1.82, 2.24) is 10.2 Å². The molecule has 1 saturated carbocycles. The van der Waals surface area contributed by atoms with Crippen molar-refractivity contribution in [3.05, 3.63) is 0 Å². The second-order valence-electron chi connectivity index (χ2n) is 8.63. The average molecular weight is 280 g/mol. The van der Waals surface area contributed by atoms with E-state index in [4.69, 9.17) is 0 Å². The molecule has 2 rings (SSSR count). The second-order valence-corrected chi connectivity index (χ2v) is 8.63. The molecular weight excluding hydrogens is 244 g/mol. The number of nitrogens with one attached hydrogen (secondary N) is 1. The topological polar surface area (TPSA) is 15.3 Å². The summed E-state index contributed by atoms with van der Waals surface area (Å²) in [5, 5.41) is 3.89. The van der Waals surface area contributed by atoms with Gasteiger partial charge in [-0.05, 0) is 75.4 Å². The molecule has 0 aromatic heterocycles. The van der Waals surface area contributed by atoms with E-state index in [2.05, 4.69) is 45.0 Å². The van der Waals surface area contributed by atoms with Crippen molar-refractivity contribution < 1.29 is 0 Å². The second kappa shape index (κ2) is 6.79. The van der Waals surface area contributed by atoms with Gasteiger partial charge in [-0.15, -0.1) is 0 Å². The molecule has 1 aliphatic carbocycles. The zero-order chi connectivity index (χ0) is 14.8. The summed E-state index contributed by atoms with van der Waals surface area (Å²) in [5.41, 5.74) is 0.515. The van der Waals surface area contributed by atoms with Gasteiger partial charge in [0.1, 0.15) is 0 Å². The van der Waals surface area contributed by atoms with Gasteiger partial charge in [0.25, 0.3) is 0 Å². The predicted molar refractivity (Wildman–Crippen MR) is 88.0 cm³/mol. The molecule has 2 nitrogen and oxygen atoms in total. The maximum absolute atomic E-state index is 3.89. The van der Waals surface area contributed by atoms with Crippen molar-refractivity contribution in [3.63, 3.8) is 0 Å². The van der Waals surface area contributed by atoms with E-state index in [0.717, 1.165) is 23.8 Å². The standard InChI is InChI=1S/C18H36N2/c1-14-13-20(5)11-10-17(14)19-12-15-6-8-16(9-7-15)18(2,3)4/h14-17,19H,6-13H2,1-5H3. The van der Waals surface area contributed by atoms with Gasteiger partial charge in [-0.2, -0.15) is 0 Å². The Hall–Kier alpha value is -0.0800. The predicted octanol–water partition coefficient (Wildman–Crippen LogP) is 3.77. The number of hydrogen-bond acceptors (Lipinski definition) is 2. The lowest BCUT2D eigenvalue weighted by Crippen LogP contribution is -2.48. The molecule has 1 aliphatic heterocycles. The van der Waals surface area contributed by atoms with E-state index in [0.29, 0.717) is 5.41 Å². The lowest BCUT2D eigenvalue weighted by atomic mass is 9.70. The molecule has 1 saturated heterocycles. The number of likely N-dealkylation sites (tertiary alicyclic amines) is 1. The minimum atomic E-state index is 0.515. The summed E-state index contributed by atoms with van der Waals surface area (Å²) in [6, 6.07) is 0.756. The minimum Gasteiger partial charge on any atom is -0.313 e. The fourth-order valence-electron chi connectivity index (χ4n) is 4.21. The zero-order valence-corrected chi connectivity index (χ0v) is 14.4. The molecule has 2 unspecified atom stereocenters. The van der Waals surface area contributed by atoms with Crippen LogP contribution in [0.3, 0.4) is 0 Å². The quantitative estimate of drug-likeness (QED) is 0.846. The molecule has 20 heavy (non-hydrogen) atoms. The fraction of sp³-hybridized carbons (Fsp3) is 1.00. The third kappa shape index (κ3) is 4.46. The first-order valence-corrected chi connectivity index (χ1v) is 8.78. The van der Waals surface area contributed by atoms with Crippen molar-refractivity contribution in [2.45, 2.75) is 65.8 Å². The number of rotatable bonds is 3. The van der Waals surface area contributed by atoms with Crippen LogP contribution in [-0.4, -0.2) is 37.6 Å². The van der Waals surface area contributed by atoms with Crippen LogP contribution in [0.15, 0.2) is 0 Å². The first-order valence-electron chi connectivity index (χ1n) is 8.78. The third-order valence-electron chi connectivity index (χ3n) is 5.85. The van der Waals surface area contributed by atoms with Gasteiger partial charge < -0.3 is 10.2 Å². The van der Waals surface area contributed by atoms with E-state index >= 15 is 0 Å². The van der Waals surface area contributed by atoms with Gasteiger partial charge in [0, 0.05) is 12.6 Å². The molecule has 2 heteroatoms. The van der Waals surface area contributed by atoms with Crippen LogP contribution < -0.4 is 5.32 Å². The van der Waals surface area contributed by atoms with Gasteiger partial charge in [-0.3, -0.25) is 0 Å². The van der Waals surface area contributed by atoms with Crippen molar-refractivity contribution in [1.29, 1.82) is 0 Å². The lowest BCUT2D eigenvalue weighted by molar-refractivity contribution is 0.136. The molecule has 2 aliphatic rings. The maximum atomic E-state index is 3.89. The SMILES string of the molecule is CC1CN(C)CCC1NCC1CCC(C(C)(C)C)CC1. The van der Waals surface area contributed by atoms with Gasteiger partial charge in [-0.1, -0.05) is 27.7 Å². The summed E-state index contributed by atoms with van der Waals surface area (Å²) < 4.78 is 0. The van der Waals surface area contributed by atoms with E-state index in [1.165, 1.54) is 51.7 Å². The zero-order valence-electron chi connectivity index (χ0n) is 14.4. The van der Waals surface area contributed by atoms with Gasteiger partial charge in [0.05, 0.1) is 0 Å². The lowest BCUT2D eigenvalue weighted by Gasteiger charge is -2.39. The van der Waals surface area contributed by atoms with Gasteiger partial charge in [0.15, 0.2) is 0 Å². The molecule has 0 bridgehead atoms. The Labute approximate surface area is 126 Å².